The molecule has 2 atom stereocenters. The largest absolute Gasteiger partial charge is 0.0877 e. The van der Waals surface area contributed by atoms with Gasteiger partial charge in [0.25, 0.3) is 0 Å². The Balaban J connectivity index is 3.78. The third-order valence-electron chi connectivity index (χ3n) is 3.76. The molecule has 0 aliphatic carbocycles. The van der Waals surface area contributed by atoms with Gasteiger partial charge in [0.2, 0.25) is 0 Å². The SMILES string of the molecule is CC(C)CCCCC(C)C(C)C=CCC(C)(C)C. The van der Waals surface area contributed by atoms with E-state index in [9.17, 15) is 0 Å². The Hall–Kier alpha value is -0.260. The van der Waals surface area contributed by atoms with Crippen molar-refractivity contribution in [2.45, 2.75) is 80.6 Å². The molecule has 0 heteroatoms. The second kappa shape index (κ2) is 8.77. The fourth-order valence-corrected chi connectivity index (χ4v) is 2.11. The number of hydrogen-bond donors (Lipinski definition) is 0. The molecule has 0 amide bonds. The van der Waals surface area contributed by atoms with Crippen molar-refractivity contribution in [2.24, 2.45) is 23.2 Å². The summed E-state index contributed by atoms with van der Waals surface area (Å²) < 4.78 is 0. The molecule has 0 aromatic rings. The summed E-state index contributed by atoms with van der Waals surface area (Å²) in [6, 6.07) is 0. The third kappa shape index (κ3) is 10.9. The molecule has 0 saturated carbocycles. The molecule has 0 aliphatic rings. The lowest BCUT2D eigenvalue weighted by molar-refractivity contribution is 0.391. The Bertz CT molecular complexity index is 217. The second-order valence-electron chi connectivity index (χ2n) is 7.71. The minimum atomic E-state index is 0.427. The van der Waals surface area contributed by atoms with Crippen LogP contribution in [0.1, 0.15) is 80.6 Å². The van der Waals surface area contributed by atoms with E-state index in [0.717, 1.165) is 17.8 Å². The van der Waals surface area contributed by atoms with Crippen LogP contribution in [0, 0.1) is 23.2 Å². The molecule has 0 aliphatic heterocycles. The molecule has 0 heterocycles. The van der Waals surface area contributed by atoms with Gasteiger partial charge in [-0.3, -0.25) is 0 Å². The molecule has 108 valence electrons. The van der Waals surface area contributed by atoms with E-state index < -0.39 is 0 Å². The first-order valence-electron chi connectivity index (χ1n) is 7.89. The zero-order chi connectivity index (χ0) is 14.2. The van der Waals surface area contributed by atoms with Gasteiger partial charge in [-0.15, -0.1) is 0 Å². The highest BCUT2D eigenvalue weighted by molar-refractivity contribution is 4.91. The molecule has 0 N–H and O–H groups in total. The minimum absolute atomic E-state index is 0.427. The quantitative estimate of drug-likeness (QED) is 0.343. The molecule has 0 aromatic carbocycles. The molecule has 0 spiro atoms. The minimum Gasteiger partial charge on any atom is -0.0877 e. The van der Waals surface area contributed by atoms with Gasteiger partial charge in [-0.25, -0.2) is 0 Å². The monoisotopic (exact) mass is 252 g/mol. The van der Waals surface area contributed by atoms with E-state index in [4.69, 9.17) is 0 Å². The maximum Gasteiger partial charge on any atom is -0.0236 e. The van der Waals surface area contributed by atoms with Crippen molar-refractivity contribution in [3.8, 4) is 0 Å². The Labute approximate surface area is 116 Å². The standard InChI is InChI=1S/C18H36/c1-15(2)11-8-9-12-16(3)17(4)13-10-14-18(5,6)7/h10,13,15-17H,8-9,11-12,14H2,1-7H3. The number of rotatable bonds is 8. The average Bonchev–Trinajstić information content (AvgIpc) is 2.21. The van der Waals surface area contributed by atoms with Crippen LogP contribution < -0.4 is 0 Å². The molecule has 0 radical (unpaired) electrons. The van der Waals surface area contributed by atoms with E-state index in [1.165, 1.54) is 32.1 Å². The van der Waals surface area contributed by atoms with Crippen LogP contribution in [0.3, 0.4) is 0 Å². The number of unbranched alkanes of at least 4 members (excludes halogenated alkanes) is 1. The van der Waals surface area contributed by atoms with E-state index in [0.29, 0.717) is 5.41 Å². The summed E-state index contributed by atoms with van der Waals surface area (Å²) in [7, 11) is 0. The molecule has 0 saturated heterocycles. The zero-order valence-electron chi connectivity index (χ0n) is 13.9. The van der Waals surface area contributed by atoms with Gasteiger partial charge in [0.1, 0.15) is 0 Å². The van der Waals surface area contributed by atoms with E-state index in [2.05, 4.69) is 60.6 Å². The van der Waals surface area contributed by atoms with Crippen molar-refractivity contribution in [3.05, 3.63) is 12.2 Å². The summed E-state index contributed by atoms with van der Waals surface area (Å²) in [4.78, 5) is 0. The predicted molar refractivity (Wildman–Crippen MR) is 84.8 cm³/mol. The van der Waals surface area contributed by atoms with Gasteiger partial charge in [-0.2, -0.15) is 0 Å². The van der Waals surface area contributed by atoms with Crippen LogP contribution in [0.2, 0.25) is 0 Å². The van der Waals surface area contributed by atoms with Crippen molar-refractivity contribution in [1.29, 1.82) is 0 Å². The Morgan fingerprint density at radius 2 is 1.44 bits per heavy atom. The molecule has 18 heavy (non-hydrogen) atoms. The van der Waals surface area contributed by atoms with Crippen LogP contribution in [0.15, 0.2) is 12.2 Å². The normalized spacial score (nSPS) is 16.4. The topological polar surface area (TPSA) is 0 Å². The number of hydrogen-bond acceptors (Lipinski definition) is 0. The van der Waals surface area contributed by atoms with E-state index in [1.54, 1.807) is 0 Å². The maximum absolute atomic E-state index is 2.43. The average molecular weight is 252 g/mol. The van der Waals surface area contributed by atoms with Gasteiger partial charge in [-0.05, 0) is 29.6 Å². The van der Waals surface area contributed by atoms with Gasteiger partial charge in [0.15, 0.2) is 0 Å². The first kappa shape index (κ1) is 17.7. The Morgan fingerprint density at radius 3 is 1.94 bits per heavy atom. The van der Waals surface area contributed by atoms with Crippen LogP contribution in [-0.4, -0.2) is 0 Å². The summed E-state index contributed by atoms with van der Waals surface area (Å²) in [5.41, 5.74) is 0.427. The maximum atomic E-state index is 2.43. The van der Waals surface area contributed by atoms with Crippen molar-refractivity contribution < 1.29 is 0 Å². The summed E-state index contributed by atoms with van der Waals surface area (Å²) in [6.07, 6.45) is 11.6. The molecule has 0 aromatic heterocycles. The van der Waals surface area contributed by atoms with Crippen LogP contribution in [0.4, 0.5) is 0 Å². The smallest absolute Gasteiger partial charge is 0.0236 e. The highest BCUT2D eigenvalue weighted by atomic mass is 14.2. The van der Waals surface area contributed by atoms with Crippen molar-refractivity contribution in [3.63, 3.8) is 0 Å². The lowest BCUT2D eigenvalue weighted by Gasteiger charge is -2.18. The predicted octanol–water partition coefficient (Wildman–Crippen LogP) is 6.47. The molecule has 0 fully saturated rings. The van der Waals surface area contributed by atoms with Crippen LogP contribution in [-0.2, 0) is 0 Å². The van der Waals surface area contributed by atoms with Crippen molar-refractivity contribution in [1.82, 2.24) is 0 Å². The summed E-state index contributed by atoms with van der Waals surface area (Å²) >= 11 is 0. The summed E-state index contributed by atoms with van der Waals surface area (Å²) in [6.45, 7) is 16.3. The fourth-order valence-electron chi connectivity index (χ4n) is 2.11. The lowest BCUT2D eigenvalue weighted by atomic mass is 9.87. The first-order valence-corrected chi connectivity index (χ1v) is 7.89. The fraction of sp³-hybridized carbons (Fsp3) is 0.889. The second-order valence-corrected chi connectivity index (χ2v) is 7.71. The van der Waals surface area contributed by atoms with E-state index in [-0.39, 0.29) is 0 Å². The van der Waals surface area contributed by atoms with E-state index >= 15 is 0 Å². The molecule has 2 unspecified atom stereocenters. The highest BCUT2D eigenvalue weighted by Gasteiger charge is 2.10. The van der Waals surface area contributed by atoms with Gasteiger partial charge in [0.05, 0.1) is 0 Å². The molecular weight excluding hydrogens is 216 g/mol. The zero-order valence-corrected chi connectivity index (χ0v) is 13.9. The van der Waals surface area contributed by atoms with Gasteiger partial charge in [-0.1, -0.05) is 86.3 Å². The van der Waals surface area contributed by atoms with E-state index in [1.807, 2.05) is 0 Å². The summed E-state index contributed by atoms with van der Waals surface area (Å²) in [5, 5.41) is 0. The Morgan fingerprint density at radius 1 is 0.889 bits per heavy atom. The highest BCUT2D eigenvalue weighted by Crippen LogP contribution is 2.23. The van der Waals surface area contributed by atoms with Gasteiger partial charge in [0, 0.05) is 0 Å². The third-order valence-corrected chi connectivity index (χ3v) is 3.76. The lowest BCUT2D eigenvalue weighted by Crippen LogP contribution is -2.07. The number of allylic oxidation sites excluding steroid dienone is 2. The van der Waals surface area contributed by atoms with Crippen LogP contribution in [0.25, 0.3) is 0 Å². The molecule has 0 nitrogen and oxygen atoms in total. The Kier molecular flexibility index (Phi) is 8.65. The summed E-state index contributed by atoms with van der Waals surface area (Å²) in [5.74, 6) is 2.42. The van der Waals surface area contributed by atoms with Crippen molar-refractivity contribution >= 4 is 0 Å². The van der Waals surface area contributed by atoms with Crippen LogP contribution >= 0.6 is 0 Å². The van der Waals surface area contributed by atoms with Gasteiger partial charge >= 0.3 is 0 Å². The van der Waals surface area contributed by atoms with Crippen molar-refractivity contribution in [2.75, 3.05) is 0 Å². The first-order chi connectivity index (χ1) is 8.22. The molecule has 0 bridgehead atoms. The van der Waals surface area contributed by atoms with Gasteiger partial charge < -0.3 is 0 Å². The molecule has 0 rings (SSSR count). The van der Waals surface area contributed by atoms with Crippen LogP contribution in [0.5, 0.6) is 0 Å². The molecular formula is C18H36.